The van der Waals surface area contributed by atoms with Crippen molar-refractivity contribution in [3.63, 3.8) is 0 Å². The molecule has 1 aliphatic rings. The Morgan fingerprint density at radius 2 is 1.77 bits per heavy atom. The molecular formula is C11H23NO. The molecule has 0 amide bonds. The first-order chi connectivity index (χ1) is 6.04. The lowest BCUT2D eigenvalue weighted by Gasteiger charge is -2.35. The SMILES string of the molecule is CNCC1CCC(C(C)(C)O)CC1. The number of aliphatic hydroxyl groups is 1. The Kier molecular flexibility index (Phi) is 3.74. The van der Waals surface area contributed by atoms with Gasteiger partial charge in [-0.05, 0) is 65.0 Å². The molecule has 1 rings (SSSR count). The molecule has 0 aliphatic heterocycles. The van der Waals surface area contributed by atoms with Gasteiger partial charge in [0.15, 0.2) is 0 Å². The molecule has 0 aromatic carbocycles. The van der Waals surface area contributed by atoms with E-state index >= 15 is 0 Å². The first-order valence-corrected chi connectivity index (χ1v) is 5.41. The molecule has 78 valence electrons. The van der Waals surface area contributed by atoms with Gasteiger partial charge in [-0.15, -0.1) is 0 Å². The number of nitrogens with one attached hydrogen (secondary N) is 1. The van der Waals surface area contributed by atoms with Crippen LogP contribution in [0.1, 0.15) is 39.5 Å². The normalized spacial score (nSPS) is 30.5. The third-order valence-corrected chi connectivity index (χ3v) is 3.34. The molecule has 0 bridgehead atoms. The van der Waals surface area contributed by atoms with Crippen molar-refractivity contribution in [1.82, 2.24) is 5.32 Å². The molecule has 0 radical (unpaired) electrons. The number of hydrogen-bond acceptors (Lipinski definition) is 2. The fraction of sp³-hybridized carbons (Fsp3) is 1.00. The maximum absolute atomic E-state index is 9.84. The van der Waals surface area contributed by atoms with Gasteiger partial charge in [0, 0.05) is 0 Å². The maximum atomic E-state index is 9.84. The third-order valence-electron chi connectivity index (χ3n) is 3.34. The lowest BCUT2D eigenvalue weighted by molar-refractivity contribution is -0.00563. The monoisotopic (exact) mass is 185 g/mol. The van der Waals surface area contributed by atoms with Crippen molar-refractivity contribution in [1.29, 1.82) is 0 Å². The van der Waals surface area contributed by atoms with E-state index in [2.05, 4.69) is 5.32 Å². The van der Waals surface area contributed by atoms with Gasteiger partial charge >= 0.3 is 0 Å². The van der Waals surface area contributed by atoms with Crippen LogP contribution in [0.3, 0.4) is 0 Å². The van der Waals surface area contributed by atoms with Crippen molar-refractivity contribution in [2.45, 2.75) is 45.1 Å². The highest BCUT2D eigenvalue weighted by Crippen LogP contribution is 2.34. The van der Waals surface area contributed by atoms with Gasteiger partial charge in [-0.2, -0.15) is 0 Å². The Balaban J connectivity index is 2.30. The summed E-state index contributed by atoms with van der Waals surface area (Å²) in [4.78, 5) is 0. The summed E-state index contributed by atoms with van der Waals surface area (Å²) in [6.07, 6.45) is 4.93. The summed E-state index contributed by atoms with van der Waals surface area (Å²) in [5.41, 5.74) is -0.468. The smallest absolute Gasteiger partial charge is 0.0619 e. The highest BCUT2D eigenvalue weighted by molar-refractivity contribution is 4.83. The first-order valence-electron chi connectivity index (χ1n) is 5.41. The van der Waals surface area contributed by atoms with E-state index in [9.17, 15) is 5.11 Å². The second kappa shape index (κ2) is 4.43. The van der Waals surface area contributed by atoms with Gasteiger partial charge in [0.25, 0.3) is 0 Å². The summed E-state index contributed by atoms with van der Waals surface area (Å²) in [7, 11) is 2.02. The summed E-state index contributed by atoms with van der Waals surface area (Å²) in [6, 6.07) is 0. The zero-order chi connectivity index (χ0) is 9.90. The van der Waals surface area contributed by atoms with Crippen molar-refractivity contribution >= 4 is 0 Å². The molecule has 0 atom stereocenters. The Morgan fingerprint density at radius 3 is 2.15 bits per heavy atom. The van der Waals surface area contributed by atoms with Gasteiger partial charge in [-0.3, -0.25) is 0 Å². The van der Waals surface area contributed by atoms with E-state index in [1.165, 1.54) is 25.7 Å². The van der Waals surface area contributed by atoms with E-state index in [1.807, 2.05) is 20.9 Å². The van der Waals surface area contributed by atoms with Crippen LogP contribution in [0.15, 0.2) is 0 Å². The van der Waals surface area contributed by atoms with Crippen LogP contribution in [-0.2, 0) is 0 Å². The number of hydrogen-bond donors (Lipinski definition) is 2. The second-order valence-electron chi connectivity index (χ2n) is 4.93. The molecule has 0 heterocycles. The Hall–Kier alpha value is -0.0800. The predicted molar refractivity (Wildman–Crippen MR) is 55.7 cm³/mol. The minimum Gasteiger partial charge on any atom is -0.390 e. The van der Waals surface area contributed by atoms with Gasteiger partial charge in [0.05, 0.1) is 5.60 Å². The van der Waals surface area contributed by atoms with E-state index in [0.29, 0.717) is 5.92 Å². The molecule has 0 aromatic heterocycles. The van der Waals surface area contributed by atoms with E-state index in [-0.39, 0.29) is 0 Å². The molecule has 0 spiro atoms. The standard InChI is InChI=1S/C11H23NO/c1-11(2,13)10-6-4-9(5-7-10)8-12-3/h9-10,12-13H,4-8H2,1-3H3. The molecule has 0 aromatic rings. The minimum atomic E-state index is -0.468. The lowest BCUT2D eigenvalue weighted by atomic mass is 9.75. The predicted octanol–water partition coefficient (Wildman–Crippen LogP) is 1.78. The molecule has 1 saturated carbocycles. The van der Waals surface area contributed by atoms with Gasteiger partial charge in [0.1, 0.15) is 0 Å². The average Bonchev–Trinajstić information content (AvgIpc) is 2.04. The molecule has 2 N–H and O–H groups in total. The zero-order valence-corrected chi connectivity index (χ0v) is 9.14. The van der Waals surface area contributed by atoms with E-state index in [0.717, 1.165) is 12.5 Å². The van der Waals surface area contributed by atoms with E-state index in [4.69, 9.17) is 0 Å². The van der Waals surface area contributed by atoms with Crippen LogP contribution in [0, 0.1) is 11.8 Å². The van der Waals surface area contributed by atoms with Crippen LogP contribution in [0.25, 0.3) is 0 Å². The zero-order valence-electron chi connectivity index (χ0n) is 9.14. The fourth-order valence-electron chi connectivity index (χ4n) is 2.36. The average molecular weight is 185 g/mol. The molecule has 1 aliphatic carbocycles. The summed E-state index contributed by atoms with van der Waals surface area (Å²) in [5.74, 6) is 1.35. The maximum Gasteiger partial charge on any atom is 0.0619 e. The molecule has 2 heteroatoms. The van der Waals surface area contributed by atoms with Gasteiger partial charge < -0.3 is 10.4 Å². The van der Waals surface area contributed by atoms with Crippen LogP contribution in [0.2, 0.25) is 0 Å². The molecule has 0 saturated heterocycles. The largest absolute Gasteiger partial charge is 0.390 e. The molecule has 2 nitrogen and oxygen atoms in total. The molecule has 1 fully saturated rings. The highest BCUT2D eigenvalue weighted by atomic mass is 16.3. The third kappa shape index (κ3) is 3.28. The highest BCUT2D eigenvalue weighted by Gasteiger charge is 2.30. The van der Waals surface area contributed by atoms with Crippen molar-refractivity contribution < 1.29 is 5.11 Å². The fourth-order valence-corrected chi connectivity index (χ4v) is 2.36. The van der Waals surface area contributed by atoms with Crippen LogP contribution in [0.4, 0.5) is 0 Å². The van der Waals surface area contributed by atoms with E-state index < -0.39 is 5.60 Å². The topological polar surface area (TPSA) is 32.3 Å². The van der Waals surface area contributed by atoms with Crippen molar-refractivity contribution in [2.75, 3.05) is 13.6 Å². The summed E-state index contributed by atoms with van der Waals surface area (Å²) < 4.78 is 0. The van der Waals surface area contributed by atoms with Crippen molar-refractivity contribution in [3.8, 4) is 0 Å². The molecular weight excluding hydrogens is 162 g/mol. The van der Waals surface area contributed by atoms with Gasteiger partial charge in [-0.25, -0.2) is 0 Å². The minimum absolute atomic E-state index is 0.468. The molecule has 13 heavy (non-hydrogen) atoms. The lowest BCUT2D eigenvalue weighted by Crippen LogP contribution is -2.35. The van der Waals surface area contributed by atoms with Crippen LogP contribution in [0.5, 0.6) is 0 Å². The quantitative estimate of drug-likeness (QED) is 0.702. The van der Waals surface area contributed by atoms with Gasteiger partial charge in [0.2, 0.25) is 0 Å². The van der Waals surface area contributed by atoms with Crippen molar-refractivity contribution in [2.24, 2.45) is 11.8 Å². The molecule has 0 unspecified atom stereocenters. The Morgan fingerprint density at radius 1 is 1.23 bits per heavy atom. The summed E-state index contributed by atoms with van der Waals surface area (Å²) >= 11 is 0. The Labute approximate surface area is 81.7 Å². The number of rotatable bonds is 3. The first kappa shape index (κ1) is 11.0. The van der Waals surface area contributed by atoms with Gasteiger partial charge in [-0.1, -0.05) is 0 Å². The van der Waals surface area contributed by atoms with Crippen LogP contribution in [-0.4, -0.2) is 24.3 Å². The second-order valence-corrected chi connectivity index (χ2v) is 4.93. The van der Waals surface area contributed by atoms with Crippen LogP contribution >= 0.6 is 0 Å². The summed E-state index contributed by atoms with van der Waals surface area (Å²) in [5, 5.41) is 13.1. The summed E-state index contributed by atoms with van der Waals surface area (Å²) in [6.45, 7) is 5.02. The Bertz CT molecular complexity index is 143. The van der Waals surface area contributed by atoms with Crippen LogP contribution < -0.4 is 5.32 Å². The van der Waals surface area contributed by atoms with Crippen molar-refractivity contribution in [3.05, 3.63) is 0 Å². The van der Waals surface area contributed by atoms with E-state index in [1.54, 1.807) is 0 Å².